The number of amides is 1. The second kappa shape index (κ2) is 9.39. The van der Waals surface area contributed by atoms with Gasteiger partial charge >= 0.3 is 0 Å². The van der Waals surface area contributed by atoms with E-state index in [1.807, 2.05) is 24.3 Å². The zero-order chi connectivity index (χ0) is 20.1. The van der Waals surface area contributed by atoms with E-state index in [-0.39, 0.29) is 12.5 Å². The molecular weight excluding hydrogens is 366 g/mol. The number of nitrogens with one attached hydrogen (secondary N) is 1. The van der Waals surface area contributed by atoms with Gasteiger partial charge in [-0.3, -0.25) is 14.6 Å². The van der Waals surface area contributed by atoms with Gasteiger partial charge in [-0.1, -0.05) is 30.3 Å². The minimum absolute atomic E-state index is 0.0606. The van der Waals surface area contributed by atoms with E-state index in [4.69, 9.17) is 4.74 Å². The van der Waals surface area contributed by atoms with Crippen LogP contribution in [-0.2, 0) is 17.8 Å². The lowest BCUT2D eigenvalue weighted by Gasteiger charge is -2.35. The van der Waals surface area contributed by atoms with Crippen molar-refractivity contribution >= 4 is 11.6 Å². The molecule has 1 amide bonds. The number of anilines is 1. The molecule has 0 bridgehead atoms. The third-order valence-corrected chi connectivity index (χ3v) is 5.60. The van der Waals surface area contributed by atoms with E-state index in [2.05, 4.69) is 39.4 Å². The highest BCUT2D eigenvalue weighted by Crippen LogP contribution is 2.26. The summed E-state index contributed by atoms with van der Waals surface area (Å²) in [6.45, 7) is 5.83. The molecule has 0 spiro atoms. The maximum Gasteiger partial charge on any atom is 0.224 e. The maximum atomic E-state index is 11.4. The first-order valence-corrected chi connectivity index (χ1v) is 10.4. The third kappa shape index (κ3) is 5.56. The molecule has 2 aromatic rings. The molecule has 0 aliphatic carbocycles. The van der Waals surface area contributed by atoms with Crippen molar-refractivity contribution in [1.29, 1.82) is 0 Å². The highest BCUT2D eigenvalue weighted by molar-refractivity contribution is 5.93. The van der Waals surface area contributed by atoms with Crippen molar-refractivity contribution in [2.75, 3.05) is 44.6 Å². The molecule has 6 nitrogen and oxygen atoms in total. The molecule has 6 heteroatoms. The van der Waals surface area contributed by atoms with Gasteiger partial charge in [0.2, 0.25) is 5.91 Å². The highest BCUT2D eigenvalue weighted by Gasteiger charge is 2.20. The largest absolute Gasteiger partial charge is 0.491 e. The molecule has 2 aliphatic rings. The van der Waals surface area contributed by atoms with E-state index in [0.29, 0.717) is 13.0 Å². The number of aliphatic hydroxyl groups is 1. The summed E-state index contributed by atoms with van der Waals surface area (Å²) in [4.78, 5) is 16.2. The molecule has 4 rings (SSSR count). The average Bonchev–Trinajstić information content (AvgIpc) is 2.74. The van der Waals surface area contributed by atoms with Gasteiger partial charge in [0.1, 0.15) is 18.5 Å². The Hall–Kier alpha value is -2.41. The normalized spacial score (nSPS) is 18.7. The van der Waals surface area contributed by atoms with Crippen LogP contribution in [0, 0.1) is 0 Å². The van der Waals surface area contributed by atoms with Crippen LogP contribution < -0.4 is 10.1 Å². The molecule has 1 saturated heterocycles. The number of hydrogen-bond donors (Lipinski definition) is 2. The first kappa shape index (κ1) is 19.9. The Bertz CT molecular complexity index is 819. The molecular formula is C23H29N3O3. The Kier molecular flexibility index (Phi) is 6.44. The predicted octanol–water partition coefficient (Wildman–Crippen LogP) is 2.13. The molecule has 0 aromatic heterocycles. The van der Waals surface area contributed by atoms with Gasteiger partial charge in [-0.25, -0.2) is 0 Å². The van der Waals surface area contributed by atoms with Gasteiger partial charge in [-0.15, -0.1) is 0 Å². The van der Waals surface area contributed by atoms with E-state index in [0.717, 1.165) is 56.1 Å². The van der Waals surface area contributed by atoms with Crippen molar-refractivity contribution in [1.82, 2.24) is 9.80 Å². The van der Waals surface area contributed by atoms with E-state index < -0.39 is 6.10 Å². The minimum atomic E-state index is -0.522. The van der Waals surface area contributed by atoms with Crippen LogP contribution in [0.15, 0.2) is 48.5 Å². The smallest absolute Gasteiger partial charge is 0.224 e. The Morgan fingerprint density at radius 2 is 1.76 bits per heavy atom. The summed E-state index contributed by atoms with van der Waals surface area (Å²) in [5.41, 5.74) is 3.30. The van der Waals surface area contributed by atoms with Crippen molar-refractivity contribution in [3.05, 3.63) is 59.7 Å². The van der Waals surface area contributed by atoms with Crippen LogP contribution in [0.3, 0.4) is 0 Å². The predicted molar refractivity (Wildman–Crippen MR) is 113 cm³/mol. The summed E-state index contributed by atoms with van der Waals surface area (Å²) >= 11 is 0. The van der Waals surface area contributed by atoms with Crippen molar-refractivity contribution < 1.29 is 14.6 Å². The van der Waals surface area contributed by atoms with Crippen molar-refractivity contribution in [3.8, 4) is 5.75 Å². The average molecular weight is 396 g/mol. The fraction of sp³-hybridized carbons (Fsp3) is 0.435. The molecule has 2 aromatic carbocycles. The zero-order valence-electron chi connectivity index (χ0n) is 16.7. The lowest BCUT2D eigenvalue weighted by atomic mass is 10.0. The number of rotatable bonds is 7. The van der Waals surface area contributed by atoms with Crippen LogP contribution in [0.5, 0.6) is 5.75 Å². The van der Waals surface area contributed by atoms with Gasteiger partial charge < -0.3 is 15.2 Å². The van der Waals surface area contributed by atoms with Crippen LogP contribution in [0.2, 0.25) is 0 Å². The molecule has 154 valence electrons. The first-order valence-electron chi connectivity index (χ1n) is 10.4. The fourth-order valence-corrected chi connectivity index (χ4v) is 3.96. The number of piperazine rings is 1. The van der Waals surface area contributed by atoms with Gasteiger partial charge in [0.15, 0.2) is 0 Å². The summed E-state index contributed by atoms with van der Waals surface area (Å²) in [6.07, 6.45) is 0.718. The molecule has 0 saturated carbocycles. The summed E-state index contributed by atoms with van der Waals surface area (Å²) in [5, 5.41) is 13.3. The SMILES string of the molecule is O=C1CCc2cc(OCC(O)CN3CCN(Cc4ccccc4)CC3)ccc2N1. The van der Waals surface area contributed by atoms with Gasteiger partial charge in [-0.2, -0.15) is 0 Å². The van der Waals surface area contributed by atoms with Crippen molar-refractivity contribution in [3.63, 3.8) is 0 Å². The number of ether oxygens (including phenoxy) is 1. The van der Waals surface area contributed by atoms with Crippen LogP contribution >= 0.6 is 0 Å². The number of fused-ring (bicyclic) bond motifs is 1. The maximum absolute atomic E-state index is 11.4. The van der Waals surface area contributed by atoms with Crippen LogP contribution in [0.4, 0.5) is 5.69 Å². The van der Waals surface area contributed by atoms with Gasteiger partial charge in [0.25, 0.3) is 0 Å². The standard InChI is InChI=1S/C23H29N3O3/c27-20(17-29-21-7-8-22-19(14-21)6-9-23(28)24-22)16-26-12-10-25(11-13-26)15-18-4-2-1-3-5-18/h1-5,7-8,14,20,27H,6,9-13,15-17H2,(H,24,28). The summed E-state index contributed by atoms with van der Waals surface area (Å²) < 4.78 is 5.80. The molecule has 1 unspecified atom stereocenters. The molecule has 1 atom stereocenters. The number of carbonyl (C=O) groups is 1. The summed E-state index contributed by atoms with van der Waals surface area (Å²) in [7, 11) is 0. The zero-order valence-corrected chi connectivity index (χ0v) is 16.7. The fourth-order valence-electron chi connectivity index (χ4n) is 3.96. The third-order valence-electron chi connectivity index (χ3n) is 5.60. The molecule has 29 heavy (non-hydrogen) atoms. The first-order chi connectivity index (χ1) is 14.2. The lowest BCUT2D eigenvalue weighted by Crippen LogP contribution is -2.48. The molecule has 2 aliphatic heterocycles. The van der Waals surface area contributed by atoms with E-state index in [1.165, 1.54) is 5.56 Å². The quantitative estimate of drug-likeness (QED) is 0.752. The number of hydrogen-bond acceptors (Lipinski definition) is 5. The molecule has 1 fully saturated rings. The number of nitrogens with zero attached hydrogens (tertiary/aromatic N) is 2. The highest BCUT2D eigenvalue weighted by atomic mass is 16.5. The van der Waals surface area contributed by atoms with Crippen LogP contribution in [0.25, 0.3) is 0 Å². The number of aryl methyl sites for hydroxylation is 1. The number of carbonyl (C=O) groups excluding carboxylic acids is 1. The molecule has 2 N–H and O–H groups in total. The second-order valence-corrected chi connectivity index (χ2v) is 7.89. The van der Waals surface area contributed by atoms with Gasteiger partial charge in [0.05, 0.1) is 0 Å². The minimum Gasteiger partial charge on any atom is -0.491 e. The van der Waals surface area contributed by atoms with E-state index in [1.54, 1.807) is 0 Å². The van der Waals surface area contributed by atoms with Crippen LogP contribution in [-0.4, -0.2) is 66.2 Å². The van der Waals surface area contributed by atoms with Gasteiger partial charge in [0, 0.05) is 51.4 Å². The Morgan fingerprint density at radius 1 is 1.00 bits per heavy atom. The Morgan fingerprint density at radius 3 is 2.55 bits per heavy atom. The van der Waals surface area contributed by atoms with Crippen molar-refractivity contribution in [2.24, 2.45) is 0 Å². The summed E-state index contributed by atoms with van der Waals surface area (Å²) in [6, 6.07) is 16.2. The van der Waals surface area contributed by atoms with E-state index >= 15 is 0 Å². The second-order valence-electron chi connectivity index (χ2n) is 7.89. The monoisotopic (exact) mass is 395 g/mol. The molecule has 2 heterocycles. The van der Waals surface area contributed by atoms with Crippen LogP contribution in [0.1, 0.15) is 17.5 Å². The van der Waals surface area contributed by atoms with Gasteiger partial charge in [-0.05, 0) is 35.7 Å². The lowest BCUT2D eigenvalue weighted by molar-refractivity contribution is -0.116. The topological polar surface area (TPSA) is 65.0 Å². The number of aliphatic hydroxyl groups excluding tert-OH is 1. The number of benzene rings is 2. The van der Waals surface area contributed by atoms with E-state index in [9.17, 15) is 9.90 Å². The Balaban J connectivity index is 1.19. The summed E-state index contributed by atoms with van der Waals surface area (Å²) in [5.74, 6) is 0.803. The number of β-amino-alcohol motifs (C(OH)–C–C–N with tert-alkyl or cyclic N) is 1. The molecule has 0 radical (unpaired) electrons. The Labute approximate surface area is 172 Å². The van der Waals surface area contributed by atoms with Crippen molar-refractivity contribution in [2.45, 2.75) is 25.5 Å².